The molecule has 4 heterocycles. The number of imide groups is 1. The van der Waals surface area contributed by atoms with Gasteiger partial charge in [-0.1, -0.05) is 6.92 Å². The molecule has 4 rings (SSSR count). The van der Waals surface area contributed by atoms with Crippen LogP contribution in [0.25, 0.3) is 0 Å². The van der Waals surface area contributed by atoms with E-state index in [1.807, 2.05) is 14.7 Å². The number of rotatable bonds is 3. The molecular formula is C22H33InN6O9. The van der Waals surface area contributed by atoms with Crippen molar-refractivity contribution in [2.45, 2.75) is 13.3 Å². The van der Waals surface area contributed by atoms with Crippen molar-refractivity contribution >= 4 is 58.5 Å². The molecule has 0 saturated carbocycles. The number of fused-ring (bicyclic) bond motifs is 7. The van der Waals surface area contributed by atoms with Crippen LogP contribution >= 0.6 is 0 Å². The van der Waals surface area contributed by atoms with Crippen LogP contribution in [-0.2, 0) is 32.5 Å². The van der Waals surface area contributed by atoms with Crippen LogP contribution < -0.4 is 5.32 Å². The van der Waals surface area contributed by atoms with E-state index < -0.39 is 40.7 Å². The zero-order chi connectivity index (χ0) is 27.2. The first-order valence-corrected chi connectivity index (χ1v) is 16.8. The van der Waals surface area contributed by atoms with Crippen LogP contribution in [0.2, 0.25) is 0 Å². The molecule has 0 aromatic heterocycles. The van der Waals surface area contributed by atoms with Crippen molar-refractivity contribution in [3.8, 4) is 0 Å². The summed E-state index contributed by atoms with van der Waals surface area (Å²) in [5, 5.41) is 2.78. The molecule has 0 spiro atoms. The largest absolute Gasteiger partial charge is 0.274 e. The van der Waals surface area contributed by atoms with Crippen molar-refractivity contribution in [1.82, 2.24) is 29.8 Å². The summed E-state index contributed by atoms with van der Waals surface area (Å²) < 4.78 is 16.0. The van der Waals surface area contributed by atoms with Crippen molar-refractivity contribution in [3.05, 3.63) is 0 Å². The number of likely N-dealkylation sites (tertiary alicyclic amines) is 1. The molecule has 4 fully saturated rings. The first-order chi connectivity index (χ1) is 18.2. The average molecular weight is 640 g/mol. The second-order valence-electron chi connectivity index (χ2n) is 9.79. The molecule has 16 heteroatoms. The summed E-state index contributed by atoms with van der Waals surface area (Å²) >= 11 is -4.18. The number of nitrogens with zero attached hydrogens (tertiary/aromatic N) is 5. The fraction of sp³-hybridized carbons (Fsp3) is 0.727. The molecule has 4 amide bonds. The minimum absolute atomic E-state index is 0.000463. The van der Waals surface area contributed by atoms with Crippen molar-refractivity contribution in [1.29, 1.82) is 0 Å². The number of urea groups is 1. The molecular weight excluding hydrogens is 607 g/mol. The average Bonchev–Trinajstić information content (AvgIpc) is 3.06. The second kappa shape index (κ2) is 13.1. The molecule has 0 aromatic carbocycles. The zero-order valence-corrected chi connectivity index (χ0v) is 24.8. The molecule has 3 unspecified atom stereocenters. The van der Waals surface area contributed by atoms with Crippen LogP contribution in [0, 0.1) is 5.92 Å². The standard InChI is InChI=1S/C22H36N6O9.In/c1-16-12-17(29)28(21(16)36)3-2-23-22(37)27-10-8-25(14-19(32)33)6-4-24(13-18(30)31)5-7-26(9-11-27)15-20(34)35;/h16H,2-15H2,1H3,(H,23,37)(H,30,31)(H,32,33)(H,34,35);/q;+3/p-3. The maximum atomic E-state index is 13.1. The molecule has 0 radical (unpaired) electrons. The van der Waals surface area contributed by atoms with E-state index in [-0.39, 0.29) is 76.0 Å². The van der Waals surface area contributed by atoms with E-state index in [2.05, 4.69) is 5.32 Å². The van der Waals surface area contributed by atoms with Gasteiger partial charge in [0, 0.05) is 12.3 Å². The van der Waals surface area contributed by atoms with Gasteiger partial charge in [-0.15, -0.1) is 0 Å². The number of hydrogen-bond donors (Lipinski definition) is 1. The monoisotopic (exact) mass is 640 g/mol. The number of carbonyl (C=O) groups excluding carboxylic acids is 6. The Hall–Kier alpha value is -2.43. The Kier molecular flexibility index (Phi) is 9.84. The predicted octanol–water partition coefficient (Wildman–Crippen LogP) is -3.05. The molecule has 38 heavy (non-hydrogen) atoms. The summed E-state index contributed by atoms with van der Waals surface area (Å²) in [6.07, 6.45) is 0.178. The number of amides is 4. The van der Waals surface area contributed by atoms with Crippen LogP contribution in [0.5, 0.6) is 0 Å². The molecule has 208 valence electrons. The van der Waals surface area contributed by atoms with Gasteiger partial charge >= 0.3 is 189 Å². The maximum Gasteiger partial charge on any atom is 0.232 e. The summed E-state index contributed by atoms with van der Waals surface area (Å²) in [7, 11) is 0. The van der Waals surface area contributed by atoms with Crippen LogP contribution in [0.1, 0.15) is 13.3 Å². The van der Waals surface area contributed by atoms with E-state index in [4.69, 9.17) is 8.56 Å². The van der Waals surface area contributed by atoms with Gasteiger partial charge in [-0.05, 0) is 0 Å². The molecule has 3 atom stereocenters. The third kappa shape index (κ3) is 7.80. The summed E-state index contributed by atoms with van der Waals surface area (Å²) in [5.41, 5.74) is 0. The third-order valence-electron chi connectivity index (χ3n) is 6.95. The number of nitrogens with one attached hydrogen (secondary N) is 1. The Morgan fingerprint density at radius 1 is 0.789 bits per heavy atom. The molecule has 0 aliphatic carbocycles. The van der Waals surface area contributed by atoms with E-state index in [1.165, 1.54) is 4.90 Å². The van der Waals surface area contributed by atoms with Gasteiger partial charge in [0.05, 0.1) is 0 Å². The summed E-state index contributed by atoms with van der Waals surface area (Å²) in [6.45, 7) is 4.89. The van der Waals surface area contributed by atoms with Crippen molar-refractivity contribution in [2.24, 2.45) is 5.92 Å². The van der Waals surface area contributed by atoms with Gasteiger partial charge in [0.2, 0.25) is 11.8 Å². The molecule has 1 N–H and O–H groups in total. The van der Waals surface area contributed by atoms with Crippen molar-refractivity contribution in [3.63, 3.8) is 0 Å². The summed E-state index contributed by atoms with van der Waals surface area (Å²) in [5.74, 6) is -2.69. The Morgan fingerprint density at radius 3 is 1.66 bits per heavy atom. The van der Waals surface area contributed by atoms with Crippen LogP contribution in [-0.4, -0.2) is 168 Å². The van der Waals surface area contributed by atoms with Gasteiger partial charge in [0.25, 0.3) is 0 Å². The third-order valence-corrected chi connectivity index (χ3v) is 10.8. The first kappa shape index (κ1) is 28.6. The Balaban J connectivity index is 1.46. The second-order valence-corrected chi connectivity index (χ2v) is 13.5. The minimum Gasteiger partial charge on any atom is -0.274 e. The minimum atomic E-state index is -4.18. The van der Waals surface area contributed by atoms with Gasteiger partial charge in [-0.3, -0.25) is 9.59 Å². The smallest absolute Gasteiger partial charge is 0.232 e. The zero-order valence-electron chi connectivity index (χ0n) is 21.5. The Bertz CT molecular complexity index is 932. The van der Waals surface area contributed by atoms with Crippen LogP contribution in [0.15, 0.2) is 0 Å². The van der Waals surface area contributed by atoms with Crippen molar-refractivity contribution < 1.29 is 37.3 Å². The SMILES string of the molecule is CC1CC(=O)N(CCNC(=O)N2CCN3CCN4CCN(CC2)CC(=O)[O][In]([O]C(=O)C4)[O]C(=O)C3)C1=O. The first-order valence-electron chi connectivity index (χ1n) is 12.8. The van der Waals surface area contributed by atoms with E-state index >= 15 is 0 Å². The predicted molar refractivity (Wildman–Crippen MR) is 129 cm³/mol. The van der Waals surface area contributed by atoms with E-state index in [0.717, 1.165) is 0 Å². The van der Waals surface area contributed by atoms with Crippen molar-refractivity contribution in [2.75, 3.05) is 85.1 Å². The molecule has 4 bridgehead atoms. The van der Waals surface area contributed by atoms with E-state index in [9.17, 15) is 28.8 Å². The maximum absolute atomic E-state index is 13.1. The van der Waals surface area contributed by atoms with E-state index in [0.29, 0.717) is 39.3 Å². The summed E-state index contributed by atoms with van der Waals surface area (Å²) in [4.78, 5) is 83.2. The molecule has 15 nitrogen and oxygen atoms in total. The van der Waals surface area contributed by atoms with Gasteiger partial charge in [-0.25, -0.2) is 0 Å². The van der Waals surface area contributed by atoms with Gasteiger partial charge < -0.3 is 0 Å². The number of carbonyl (C=O) groups is 6. The number of hydrogen-bond acceptors (Lipinski definition) is 12. The van der Waals surface area contributed by atoms with Gasteiger partial charge in [-0.2, -0.15) is 0 Å². The molecule has 4 aliphatic heterocycles. The van der Waals surface area contributed by atoms with E-state index in [1.54, 1.807) is 11.8 Å². The van der Waals surface area contributed by atoms with Crippen LogP contribution in [0.4, 0.5) is 4.79 Å². The van der Waals surface area contributed by atoms with Crippen LogP contribution in [0.3, 0.4) is 0 Å². The topological polar surface area (TPSA) is 158 Å². The fourth-order valence-electron chi connectivity index (χ4n) is 4.74. The Labute approximate surface area is 229 Å². The van der Waals surface area contributed by atoms with Gasteiger partial charge in [0.1, 0.15) is 0 Å². The fourth-order valence-corrected chi connectivity index (χ4v) is 7.63. The summed E-state index contributed by atoms with van der Waals surface area (Å²) in [6, 6.07) is -0.374. The molecule has 0 aromatic rings. The molecule has 4 saturated heterocycles. The normalized spacial score (nSPS) is 29.5. The Morgan fingerprint density at radius 2 is 1.24 bits per heavy atom. The van der Waals surface area contributed by atoms with Gasteiger partial charge in [0.15, 0.2) is 0 Å². The quantitative estimate of drug-likeness (QED) is 0.312. The molecule has 4 aliphatic rings.